The number of aromatic nitrogens is 4. The summed E-state index contributed by atoms with van der Waals surface area (Å²) in [6.45, 7) is 2.04. The molecule has 4 heterocycles. The number of halogens is 3. The fourth-order valence-electron chi connectivity index (χ4n) is 5.06. The van der Waals surface area contributed by atoms with E-state index in [-0.39, 0.29) is 23.4 Å². The van der Waals surface area contributed by atoms with Crippen molar-refractivity contribution in [2.24, 2.45) is 12.5 Å². The van der Waals surface area contributed by atoms with Crippen LogP contribution in [0, 0.1) is 23.7 Å². The van der Waals surface area contributed by atoms with Gasteiger partial charge in [0.05, 0.1) is 33.9 Å². The summed E-state index contributed by atoms with van der Waals surface area (Å²) < 4.78 is 48.6. The second kappa shape index (κ2) is 6.73. The summed E-state index contributed by atoms with van der Waals surface area (Å²) >= 11 is 1.08. The molecule has 1 unspecified atom stereocenters. The highest BCUT2D eigenvalue weighted by molar-refractivity contribution is 7.09. The average molecular weight is 485 g/mol. The van der Waals surface area contributed by atoms with E-state index in [9.17, 15) is 23.2 Å². The van der Waals surface area contributed by atoms with Gasteiger partial charge < -0.3 is 9.30 Å². The lowest BCUT2D eigenvalue weighted by Crippen LogP contribution is -2.16. The molecule has 0 radical (unpaired) electrons. The molecule has 3 aromatic rings. The molecule has 0 amide bonds. The third kappa shape index (κ3) is 2.85. The van der Waals surface area contributed by atoms with Gasteiger partial charge in [0.2, 0.25) is 0 Å². The molecule has 174 valence electrons. The van der Waals surface area contributed by atoms with Crippen LogP contribution in [0.3, 0.4) is 0 Å². The highest BCUT2D eigenvalue weighted by Crippen LogP contribution is 2.90. The third-order valence-corrected chi connectivity index (χ3v) is 8.31. The summed E-state index contributed by atoms with van der Waals surface area (Å²) in [5, 5.41) is 9.84. The van der Waals surface area contributed by atoms with Gasteiger partial charge in [0.15, 0.2) is 11.5 Å². The van der Waals surface area contributed by atoms with E-state index in [1.807, 2.05) is 6.08 Å². The number of hydrogen-bond acceptors (Lipinski definition) is 7. The third-order valence-electron chi connectivity index (χ3n) is 7.27. The Hall–Kier alpha value is -3.10. The molecule has 0 saturated heterocycles. The van der Waals surface area contributed by atoms with Gasteiger partial charge in [-0.25, -0.2) is 15.0 Å². The molecule has 34 heavy (non-hydrogen) atoms. The topological polar surface area (TPSA) is 93.7 Å². The summed E-state index contributed by atoms with van der Waals surface area (Å²) in [5.74, 6) is 0.319. The molecule has 3 aliphatic rings. The highest BCUT2D eigenvalue weighted by Gasteiger charge is 2.94. The van der Waals surface area contributed by atoms with Crippen LogP contribution in [0.2, 0.25) is 0 Å². The molecule has 1 atom stereocenters. The van der Waals surface area contributed by atoms with Crippen LogP contribution in [0.5, 0.6) is 0 Å². The Bertz CT molecular complexity index is 1510. The number of pyridine rings is 1. The van der Waals surface area contributed by atoms with Gasteiger partial charge >= 0.3 is 11.0 Å². The number of nitriles is 1. The molecule has 0 aromatic carbocycles. The predicted octanol–water partition coefficient (Wildman–Crippen LogP) is 4.10. The second-order valence-corrected chi connectivity index (χ2v) is 10.3. The van der Waals surface area contributed by atoms with Gasteiger partial charge in [-0.2, -0.15) is 18.4 Å². The molecule has 2 saturated carbocycles. The maximum atomic E-state index is 13.8. The Morgan fingerprint density at radius 3 is 2.68 bits per heavy atom. The van der Waals surface area contributed by atoms with E-state index in [2.05, 4.69) is 21.0 Å². The zero-order valence-electron chi connectivity index (χ0n) is 18.2. The first-order valence-corrected chi connectivity index (χ1v) is 11.6. The number of hydrogen-bond donors (Lipinski definition) is 0. The minimum Gasteiger partial charge on any atom is -0.368 e. The minimum atomic E-state index is -4.31. The van der Waals surface area contributed by atoms with E-state index >= 15 is 0 Å². The summed E-state index contributed by atoms with van der Waals surface area (Å²) in [6.07, 6.45) is -0.769. The average Bonchev–Trinajstić information content (AvgIpc) is 3.61. The molecule has 0 spiro atoms. The Kier molecular flexibility index (Phi) is 4.24. The van der Waals surface area contributed by atoms with Crippen LogP contribution >= 0.6 is 11.3 Å². The van der Waals surface area contributed by atoms with Gasteiger partial charge in [-0.15, -0.1) is 0 Å². The molecule has 6 rings (SSSR count). The maximum absolute atomic E-state index is 13.8. The molecule has 0 bridgehead atoms. The molecule has 7 nitrogen and oxygen atoms in total. The Labute approximate surface area is 195 Å². The molecular weight excluding hydrogens is 467 g/mol. The number of ether oxygens (including phenoxy) is 1. The quantitative estimate of drug-likeness (QED) is 0.555. The van der Waals surface area contributed by atoms with E-state index in [1.54, 1.807) is 26.2 Å². The fourth-order valence-corrected chi connectivity index (χ4v) is 5.92. The summed E-state index contributed by atoms with van der Waals surface area (Å²) in [5.41, 5.74) is -0.707. The maximum Gasteiger partial charge on any atom is 0.395 e. The van der Waals surface area contributed by atoms with E-state index in [0.717, 1.165) is 21.8 Å². The minimum absolute atomic E-state index is 0.00638. The fraction of sp³-hybridized carbons (Fsp3) is 0.435. The van der Waals surface area contributed by atoms with Crippen molar-refractivity contribution in [3.05, 3.63) is 55.7 Å². The van der Waals surface area contributed by atoms with Gasteiger partial charge in [-0.3, -0.25) is 4.79 Å². The number of alkyl halides is 3. The first kappa shape index (κ1) is 21.4. The molecule has 11 heteroatoms. The van der Waals surface area contributed by atoms with Crippen LogP contribution in [0.15, 0.2) is 23.1 Å². The molecular formula is C23H18F3N5O2S. The lowest BCUT2D eigenvalue weighted by molar-refractivity contribution is -0.167. The first-order chi connectivity index (χ1) is 16.1. The van der Waals surface area contributed by atoms with Gasteiger partial charge in [-0.05, 0) is 43.9 Å². The van der Waals surface area contributed by atoms with Crippen molar-refractivity contribution >= 4 is 27.9 Å². The van der Waals surface area contributed by atoms with Crippen molar-refractivity contribution < 1.29 is 17.9 Å². The van der Waals surface area contributed by atoms with E-state index in [1.165, 1.54) is 4.57 Å². The Morgan fingerprint density at radius 1 is 1.29 bits per heavy atom. The van der Waals surface area contributed by atoms with Gasteiger partial charge in [0.25, 0.3) is 0 Å². The predicted molar refractivity (Wildman–Crippen MR) is 117 cm³/mol. The van der Waals surface area contributed by atoms with Crippen LogP contribution in [0.25, 0.3) is 16.6 Å². The van der Waals surface area contributed by atoms with E-state index in [4.69, 9.17) is 4.74 Å². The van der Waals surface area contributed by atoms with Crippen LogP contribution in [-0.4, -0.2) is 32.3 Å². The SMILES string of the molecule is Cc1nc2nc(C3=CC(c4cn(C)c(=O)s4)OCC3)nc(C34CC3(C(F)(F)F)C4)c2cc1C#N. The number of fused-ring (bicyclic) bond motifs is 2. The summed E-state index contributed by atoms with van der Waals surface area (Å²) in [4.78, 5) is 26.2. The molecule has 1 aliphatic heterocycles. The molecule has 0 N–H and O–H groups in total. The highest BCUT2D eigenvalue weighted by atomic mass is 32.1. The molecule has 2 fully saturated rings. The lowest BCUT2D eigenvalue weighted by atomic mass is 10.0. The van der Waals surface area contributed by atoms with E-state index in [0.29, 0.717) is 41.2 Å². The molecule has 3 aromatic heterocycles. The molecule has 2 aliphatic carbocycles. The first-order valence-electron chi connectivity index (χ1n) is 10.7. The van der Waals surface area contributed by atoms with Gasteiger partial charge in [0.1, 0.15) is 12.2 Å². The summed E-state index contributed by atoms with van der Waals surface area (Å²) in [7, 11) is 1.66. The normalized spacial score (nSPS) is 27.8. The van der Waals surface area contributed by atoms with Crippen molar-refractivity contribution in [2.75, 3.05) is 6.61 Å². The standard InChI is InChI=1S/C23H18F3N5O2S/c1-11-13(7-27)5-14-17(21-9-22(21,10-21)23(24,25)26)29-18(30-19(14)28-11)12-3-4-33-15(6-12)16-8-31(2)20(32)34-16/h5-6,8,15H,3-4,9-10H2,1-2H3. The zero-order chi connectivity index (χ0) is 24.0. The second-order valence-electron chi connectivity index (χ2n) is 9.26. The Balaban J connectivity index is 1.50. The van der Waals surface area contributed by atoms with Crippen LogP contribution in [0.1, 0.15) is 53.0 Å². The smallest absolute Gasteiger partial charge is 0.368 e. The van der Waals surface area contributed by atoms with Crippen LogP contribution < -0.4 is 4.87 Å². The van der Waals surface area contributed by atoms with Crippen molar-refractivity contribution in [3.8, 4) is 6.07 Å². The van der Waals surface area contributed by atoms with Crippen LogP contribution in [0.4, 0.5) is 13.2 Å². The van der Waals surface area contributed by atoms with Crippen molar-refractivity contribution in [2.45, 2.75) is 43.9 Å². The number of aryl methyl sites for hydroxylation is 2. The van der Waals surface area contributed by atoms with Crippen molar-refractivity contribution in [1.29, 1.82) is 5.26 Å². The number of nitrogens with zero attached hydrogens (tertiary/aromatic N) is 5. The van der Waals surface area contributed by atoms with Gasteiger partial charge in [0, 0.05) is 24.0 Å². The number of rotatable bonds is 3. The van der Waals surface area contributed by atoms with E-state index < -0.39 is 23.1 Å². The van der Waals surface area contributed by atoms with Gasteiger partial charge in [-0.1, -0.05) is 11.3 Å². The lowest BCUT2D eigenvalue weighted by Gasteiger charge is -2.21. The van der Waals surface area contributed by atoms with Crippen molar-refractivity contribution in [3.63, 3.8) is 0 Å². The van der Waals surface area contributed by atoms with Crippen molar-refractivity contribution in [1.82, 2.24) is 19.5 Å². The monoisotopic (exact) mass is 485 g/mol. The Morgan fingerprint density at radius 2 is 2.06 bits per heavy atom. The largest absolute Gasteiger partial charge is 0.395 e. The zero-order valence-corrected chi connectivity index (χ0v) is 19.0. The summed E-state index contributed by atoms with van der Waals surface area (Å²) in [6, 6.07) is 3.62. The number of thiazole rings is 1. The van der Waals surface area contributed by atoms with Crippen LogP contribution in [-0.2, 0) is 17.2 Å².